The molecule has 0 bridgehead atoms. The molecule has 0 atom stereocenters. The quantitative estimate of drug-likeness (QED) is 0.546. The minimum absolute atomic E-state index is 0.482. The number of rotatable bonds is 8. The Kier molecular flexibility index (Phi) is 7.95. The number of nitrogens with one attached hydrogen (secondary N) is 1. The Morgan fingerprint density at radius 3 is 2.44 bits per heavy atom. The summed E-state index contributed by atoms with van der Waals surface area (Å²) in [6, 6.07) is 0.482. The molecule has 2 rings (SSSR count). The second kappa shape index (κ2) is 9.96. The van der Waals surface area contributed by atoms with Crippen molar-refractivity contribution in [3.63, 3.8) is 0 Å². The van der Waals surface area contributed by atoms with Gasteiger partial charge in [-0.05, 0) is 51.9 Å². The predicted molar refractivity (Wildman–Crippen MR) is 111 cm³/mol. The summed E-state index contributed by atoms with van der Waals surface area (Å²) < 4.78 is 0. The van der Waals surface area contributed by atoms with Crippen molar-refractivity contribution in [2.45, 2.75) is 71.3 Å². The van der Waals surface area contributed by atoms with Crippen LogP contribution in [0.3, 0.4) is 0 Å². The van der Waals surface area contributed by atoms with E-state index in [0.29, 0.717) is 16.9 Å². The van der Waals surface area contributed by atoms with E-state index in [1.807, 2.05) is 19.2 Å². The van der Waals surface area contributed by atoms with E-state index < -0.39 is 0 Å². The summed E-state index contributed by atoms with van der Waals surface area (Å²) in [6.07, 6.45) is 13.8. The maximum Gasteiger partial charge on any atom is 0.119 e. The zero-order valence-corrected chi connectivity index (χ0v) is 16.7. The normalized spacial score (nSPS) is 21.4. The summed E-state index contributed by atoms with van der Waals surface area (Å²) in [5, 5.41) is 4.13. The molecule has 0 aromatic rings. The van der Waals surface area contributed by atoms with Crippen LogP contribution in [0.2, 0.25) is 0 Å². The van der Waals surface area contributed by atoms with Crippen LogP contribution in [0.1, 0.15) is 65.2 Å². The van der Waals surface area contributed by atoms with Crippen LogP contribution in [0.15, 0.2) is 44.6 Å². The molecule has 0 spiro atoms. The van der Waals surface area contributed by atoms with Gasteiger partial charge < -0.3 is 5.32 Å². The van der Waals surface area contributed by atoms with Crippen LogP contribution in [0.25, 0.3) is 0 Å². The van der Waals surface area contributed by atoms with Crippen molar-refractivity contribution in [2.24, 2.45) is 15.9 Å². The number of allylic oxidation sites excluding steroid dienone is 4. The zero-order valence-electron chi connectivity index (χ0n) is 15.9. The molecule has 0 amide bonds. The SMILES string of the molecule is C=C(/N=C(C(/C=N\C)=C(C)CC1CC1)\C(Cl)=C/C)NC1CCCCC1. The smallest absolute Gasteiger partial charge is 0.119 e. The summed E-state index contributed by atoms with van der Waals surface area (Å²) in [5.41, 5.74) is 3.11. The molecule has 138 valence electrons. The van der Waals surface area contributed by atoms with Crippen molar-refractivity contribution in [3.05, 3.63) is 34.7 Å². The topological polar surface area (TPSA) is 36.8 Å². The van der Waals surface area contributed by atoms with E-state index in [-0.39, 0.29) is 0 Å². The van der Waals surface area contributed by atoms with Gasteiger partial charge in [-0.2, -0.15) is 0 Å². The first-order chi connectivity index (χ1) is 12.0. The average Bonchev–Trinajstić information content (AvgIpc) is 3.42. The summed E-state index contributed by atoms with van der Waals surface area (Å²) in [7, 11) is 1.79. The number of hydrogen-bond donors (Lipinski definition) is 1. The fraction of sp³-hybridized carbons (Fsp3) is 0.619. The van der Waals surface area contributed by atoms with Gasteiger partial charge in [-0.15, -0.1) is 0 Å². The fourth-order valence-corrected chi connectivity index (χ4v) is 3.54. The summed E-state index contributed by atoms with van der Waals surface area (Å²) in [6.45, 7) is 8.23. The van der Waals surface area contributed by atoms with Crippen molar-refractivity contribution in [2.75, 3.05) is 7.05 Å². The highest BCUT2D eigenvalue weighted by molar-refractivity contribution is 6.48. The van der Waals surface area contributed by atoms with Gasteiger partial charge in [-0.3, -0.25) is 4.99 Å². The van der Waals surface area contributed by atoms with Crippen molar-refractivity contribution in [3.8, 4) is 0 Å². The zero-order chi connectivity index (χ0) is 18.2. The molecule has 2 aliphatic rings. The van der Waals surface area contributed by atoms with Crippen molar-refractivity contribution >= 4 is 23.5 Å². The maximum absolute atomic E-state index is 6.51. The molecule has 4 heteroatoms. The third kappa shape index (κ3) is 6.47. The third-order valence-corrected chi connectivity index (χ3v) is 5.36. The molecule has 0 aromatic carbocycles. The van der Waals surface area contributed by atoms with Gasteiger partial charge in [0, 0.05) is 24.9 Å². The number of halogens is 1. The highest BCUT2D eigenvalue weighted by Gasteiger charge is 2.23. The largest absolute Gasteiger partial charge is 0.368 e. The van der Waals surface area contributed by atoms with Crippen LogP contribution in [0, 0.1) is 5.92 Å². The summed E-state index contributed by atoms with van der Waals surface area (Å²) in [5.74, 6) is 1.51. The van der Waals surface area contributed by atoms with Crippen LogP contribution in [0.4, 0.5) is 0 Å². The second-order valence-electron chi connectivity index (χ2n) is 7.25. The Balaban J connectivity index is 2.23. The Morgan fingerprint density at radius 1 is 1.20 bits per heavy atom. The summed E-state index contributed by atoms with van der Waals surface area (Å²) >= 11 is 6.51. The van der Waals surface area contributed by atoms with Crippen LogP contribution in [-0.2, 0) is 0 Å². The van der Waals surface area contributed by atoms with Crippen molar-refractivity contribution in [1.29, 1.82) is 0 Å². The van der Waals surface area contributed by atoms with Gasteiger partial charge in [0.15, 0.2) is 0 Å². The predicted octanol–water partition coefficient (Wildman–Crippen LogP) is 5.78. The molecular formula is C21H32ClN3. The molecule has 0 heterocycles. The minimum atomic E-state index is 0.482. The van der Waals surface area contributed by atoms with Gasteiger partial charge in [0.25, 0.3) is 0 Å². The lowest BCUT2D eigenvalue weighted by Gasteiger charge is -2.24. The molecule has 0 unspecified atom stereocenters. The maximum atomic E-state index is 6.51. The molecule has 25 heavy (non-hydrogen) atoms. The molecule has 0 radical (unpaired) electrons. The van der Waals surface area contributed by atoms with Crippen LogP contribution in [0.5, 0.6) is 0 Å². The first kappa shape index (κ1) is 20.0. The lowest BCUT2D eigenvalue weighted by molar-refractivity contribution is 0.396. The van der Waals surface area contributed by atoms with Gasteiger partial charge in [0.05, 0.1) is 10.7 Å². The number of nitrogens with zero attached hydrogens (tertiary/aromatic N) is 2. The average molecular weight is 362 g/mol. The molecule has 2 fully saturated rings. The minimum Gasteiger partial charge on any atom is -0.368 e. The highest BCUT2D eigenvalue weighted by Crippen LogP contribution is 2.36. The lowest BCUT2D eigenvalue weighted by atomic mass is 9.95. The molecule has 2 aliphatic carbocycles. The van der Waals surface area contributed by atoms with Crippen molar-refractivity contribution < 1.29 is 0 Å². The number of hydrogen-bond acceptors (Lipinski definition) is 3. The van der Waals surface area contributed by atoms with E-state index >= 15 is 0 Å². The van der Waals surface area contributed by atoms with E-state index in [2.05, 4.69) is 23.8 Å². The van der Waals surface area contributed by atoms with Gasteiger partial charge in [0.1, 0.15) is 5.82 Å². The third-order valence-electron chi connectivity index (χ3n) is 4.97. The van der Waals surface area contributed by atoms with E-state index in [9.17, 15) is 0 Å². The molecule has 0 aliphatic heterocycles. The van der Waals surface area contributed by atoms with E-state index in [1.165, 1.54) is 50.5 Å². The Hall–Kier alpha value is -1.35. The monoisotopic (exact) mass is 361 g/mol. The van der Waals surface area contributed by atoms with Crippen LogP contribution in [-0.4, -0.2) is 25.0 Å². The van der Waals surface area contributed by atoms with Crippen LogP contribution < -0.4 is 5.32 Å². The molecule has 3 nitrogen and oxygen atoms in total. The Morgan fingerprint density at radius 2 is 1.88 bits per heavy atom. The molecule has 2 saturated carbocycles. The van der Waals surface area contributed by atoms with E-state index in [4.69, 9.17) is 16.6 Å². The highest BCUT2D eigenvalue weighted by atomic mass is 35.5. The number of aliphatic imine (C=N–C) groups is 2. The van der Waals surface area contributed by atoms with Crippen LogP contribution >= 0.6 is 11.6 Å². The van der Waals surface area contributed by atoms with Gasteiger partial charge in [-0.1, -0.05) is 49.1 Å². The first-order valence-electron chi connectivity index (χ1n) is 9.53. The molecular weight excluding hydrogens is 330 g/mol. The standard InChI is InChI=1S/C21H32ClN3/c1-5-20(22)21(19(14-23-4)15(2)13-17-11-12-17)25-16(3)24-18-9-7-6-8-10-18/h5,14,17-18,24H,3,6-13H2,1-2,4H3/b19-15?,20-5+,23-14-,25-21-. The van der Waals surface area contributed by atoms with Crippen molar-refractivity contribution in [1.82, 2.24) is 5.32 Å². The Bertz CT molecular complexity index is 588. The summed E-state index contributed by atoms with van der Waals surface area (Å²) in [4.78, 5) is 9.02. The van der Waals surface area contributed by atoms with E-state index in [1.54, 1.807) is 7.05 Å². The second-order valence-corrected chi connectivity index (χ2v) is 7.66. The lowest BCUT2D eigenvalue weighted by Crippen LogP contribution is -2.30. The Labute approximate surface area is 158 Å². The van der Waals surface area contributed by atoms with Gasteiger partial charge in [-0.25, -0.2) is 4.99 Å². The molecule has 0 aromatic heterocycles. The van der Waals surface area contributed by atoms with E-state index in [0.717, 1.165) is 23.6 Å². The molecule has 1 N–H and O–H groups in total. The van der Waals surface area contributed by atoms with Gasteiger partial charge >= 0.3 is 0 Å². The fourth-order valence-electron chi connectivity index (χ4n) is 3.40. The first-order valence-corrected chi connectivity index (χ1v) is 9.91. The van der Waals surface area contributed by atoms with Gasteiger partial charge in [0.2, 0.25) is 0 Å². The molecule has 0 saturated heterocycles.